The number of amides is 1. The number of hydrogen-bond acceptors (Lipinski definition) is 5. The van der Waals surface area contributed by atoms with E-state index in [0.29, 0.717) is 6.29 Å². The van der Waals surface area contributed by atoms with E-state index >= 15 is 0 Å². The van der Waals surface area contributed by atoms with Gasteiger partial charge < -0.3 is 19.6 Å². The van der Waals surface area contributed by atoms with Crippen LogP contribution >= 0.6 is 0 Å². The number of ether oxygens (including phenoxy) is 2. The Hall–Kier alpha value is -2.37. The average Bonchev–Trinajstić information content (AvgIpc) is 2.45. The quantitative estimate of drug-likeness (QED) is 0.614. The molecular formula is C13H15NO5. The molecule has 19 heavy (non-hydrogen) atoms. The van der Waals surface area contributed by atoms with Crippen LogP contribution in [0.2, 0.25) is 0 Å². The summed E-state index contributed by atoms with van der Waals surface area (Å²) >= 11 is 0. The van der Waals surface area contributed by atoms with E-state index in [2.05, 4.69) is 10.1 Å². The van der Waals surface area contributed by atoms with Gasteiger partial charge in [-0.05, 0) is 5.56 Å². The molecular weight excluding hydrogens is 250 g/mol. The predicted molar refractivity (Wildman–Crippen MR) is 66.2 cm³/mol. The van der Waals surface area contributed by atoms with Gasteiger partial charge in [0.1, 0.15) is 12.9 Å². The van der Waals surface area contributed by atoms with Gasteiger partial charge in [0.25, 0.3) is 0 Å². The molecule has 0 saturated heterocycles. The van der Waals surface area contributed by atoms with Gasteiger partial charge in [-0.3, -0.25) is 4.79 Å². The van der Waals surface area contributed by atoms with E-state index in [1.165, 1.54) is 7.11 Å². The summed E-state index contributed by atoms with van der Waals surface area (Å²) in [6, 6.07) is 8.15. The number of rotatable bonds is 6. The number of methoxy groups -OCH3 is 1. The van der Waals surface area contributed by atoms with E-state index in [1.807, 2.05) is 18.2 Å². The summed E-state index contributed by atoms with van der Waals surface area (Å²) in [5.41, 5.74) is 0.827. The topological polar surface area (TPSA) is 81.7 Å². The van der Waals surface area contributed by atoms with Gasteiger partial charge in [0.15, 0.2) is 0 Å². The Morgan fingerprint density at radius 2 is 2.00 bits per heavy atom. The third kappa shape index (κ3) is 5.67. The van der Waals surface area contributed by atoms with Crippen LogP contribution in [0.15, 0.2) is 30.3 Å². The van der Waals surface area contributed by atoms with Gasteiger partial charge in [-0.25, -0.2) is 4.79 Å². The molecule has 102 valence electrons. The Labute approximate surface area is 110 Å². The molecule has 0 aliphatic carbocycles. The third-order valence-electron chi connectivity index (χ3n) is 2.29. The zero-order chi connectivity index (χ0) is 14.1. The monoisotopic (exact) mass is 265 g/mol. The maximum absolute atomic E-state index is 11.4. The summed E-state index contributed by atoms with van der Waals surface area (Å²) in [6.07, 6.45) is -0.522. The zero-order valence-corrected chi connectivity index (χ0v) is 10.5. The highest BCUT2D eigenvalue weighted by atomic mass is 16.5. The van der Waals surface area contributed by atoms with Crippen LogP contribution in [0.25, 0.3) is 0 Å². The average molecular weight is 265 g/mol. The van der Waals surface area contributed by atoms with Gasteiger partial charge in [-0.2, -0.15) is 0 Å². The van der Waals surface area contributed by atoms with Gasteiger partial charge in [-0.1, -0.05) is 30.3 Å². The van der Waals surface area contributed by atoms with Crippen molar-refractivity contribution in [2.24, 2.45) is 0 Å². The number of nitrogens with one attached hydrogen (secondary N) is 1. The van der Waals surface area contributed by atoms with Crippen LogP contribution in [0.5, 0.6) is 0 Å². The summed E-state index contributed by atoms with van der Waals surface area (Å²) in [5, 5.41) is 2.27. The highest BCUT2D eigenvalue weighted by molar-refractivity contribution is 5.79. The van der Waals surface area contributed by atoms with E-state index in [4.69, 9.17) is 4.74 Å². The van der Waals surface area contributed by atoms with Gasteiger partial charge in [0.05, 0.1) is 19.6 Å². The molecule has 1 rings (SSSR count). The lowest BCUT2D eigenvalue weighted by molar-refractivity contribution is -0.141. The molecule has 0 aliphatic rings. The summed E-state index contributed by atoms with van der Waals surface area (Å²) < 4.78 is 9.32. The normalized spacial score (nSPS) is 11.2. The molecule has 0 aromatic heterocycles. The molecule has 0 radical (unpaired) electrons. The molecule has 0 spiro atoms. The molecule has 0 aliphatic heterocycles. The number of hydrogen-bond donors (Lipinski definition) is 1. The van der Waals surface area contributed by atoms with Crippen molar-refractivity contribution in [3.05, 3.63) is 35.9 Å². The van der Waals surface area contributed by atoms with Crippen molar-refractivity contribution in [2.45, 2.75) is 19.1 Å². The first-order valence-electron chi connectivity index (χ1n) is 5.65. The molecule has 1 N–H and O–H groups in total. The van der Waals surface area contributed by atoms with Crippen LogP contribution in [0.1, 0.15) is 12.0 Å². The fourth-order valence-corrected chi connectivity index (χ4v) is 1.31. The molecule has 1 aromatic rings. The molecule has 0 saturated carbocycles. The van der Waals surface area contributed by atoms with Crippen LogP contribution in [0.4, 0.5) is 4.79 Å². The van der Waals surface area contributed by atoms with Crippen molar-refractivity contribution in [2.75, 3.05) is 7.11 Å². The summed E-state index contributed by atoms with van der Waals surface area (Å²) in [4.78, 5) is 33.1. The van der Waals surface area contributed by atoms with E-state index in [1.54, 1.807) is 12.1 Å². The largest absolute Gasteiger partial charge is 0.469 e. The fourth-order valence-electron chi connectivity index (χ4n) is 1.31. The number of carbonyl (C=O) groups excluding carboxylic acids is 3. The van der Waals surface area contributed by atoms with Crippen molar-refractivity contribution < 1.29 is 23.9 Å². The second kappa shape index (κ2) is 7.86. The van der Waals surface area contributed by atoms with Crippen LogP contribution in [-0.4, -0.2) is 31.5 Å². The first-order valence-corrected chi connectivity index (χ1v) is 5.65. The van der Waals surface area contributed by atoms with E-state index in [9.17, 15) is 14.4 Å². The third-order valence-corrected chi connectivity index (χ3v) is 2.29. The summed E-state index contributed by atoms with van der Waals surface area (Å²) in [5.74, 6) is -0.583. The minimum Gasteiger partial charge on any atom is -0.469 e. The number of alkyl carbamates (subject to hydrolysis) is 1. The summed E-state index contributed by atoms with van der Waals surface area (Å²) in [7, 11) is 1.21. The lowest BCUT2D eigenvalue weighted by Crippen LogP contribution is -2.38. The lowest BCUT2D eigenvalue weighted by atomic mass is 10.2. The first-order chi connectivity index (χ1) is 9.15. The van der Waals surface area contributed by atoms with Crippen LogP contribution < -0.4 is 5.32 Å². The molecule has 6 heteroatoms. The van der Waals surface area contributed by atoms with Crippen molar-refractivity contribution in [1.29, 1.82) is 0 Å². The van der Waals surface area contributed by atoms with Crippen molar-refractivity contribution in [1.82, 2.24) is 5.32 Å². The Kier molecular flexibility index (Phi) is 6.08. The molecule has 1 aromatic carbocycles. The smallest absolute Gasteiger partial charge is 0.408 e. The SMILES string of the molecule is COC(=O)C[C@@H](C=O)NC(=O)OCc1ccccc1. The zero-order valence-electron chi connectivity index (χ0n) is 10.5. The number of esters is 1. The maximum atomic E-state index is 11.4. The highest BCUT2D eigenvalue weighted by Crippen LogP contribution is 2.01. The van der Waals surface area contributed by atoms with E-state index < -0.39 is 18.1 Å². The molecule has 0 bridgehead atoms. The Balaban J connectivity index is 2.37. The van der Waals surface area contributed by atoms with Gasteiger partial charge in [-0.15, -0.1) is 0 Å². The van der Waals surface area contributed by atoms with Crippen molar-refractivity contribution in [3.63, 3.8) is 0 Å². The van der Waals surface area contributed by atoms with Gasteiger partial charge >= 0.3 is 12.1 Å². The highest BCUT2D eigenvalue weighted by Gasteiger charge is 2.16. The Morgan fingerprint density at radius 3 is 2.58 bits per heavy atom. The number of benzene rings is 1. The maximum Gasteiger partial charge on any atom is 0.408 e. The van der Waals surface area contributed by atoms with Crippen LogP contribution in [0.3, 0.4) is 0 Å². The minimum absolute atomic E-state index is 0.0937. The van der Waals surface area contributed by atoms with E-state index in [0.717, 1.165) is 5.56 Å². The molecule has 0 unspecified atom stereocenters. The Morgan fingerprint density at radius 1 is 1.32 bits per heavy atom. The molecule has 0 fully saturated rings. The second-order valence-corrected chi connectivity index (χ2v) is 3.73. The number of carbonyl (C=O) groups is 3. The van der Waals surface area contributed by atoms with Gasteiger partial charge in [0, 0.05) is 0 Å². The fraction of sp³-hybridized carbons (Fsp3) is 0.308. The molecule has 6 nitrogen and oxygen atoms in total. The van der Waals surface area contributed by atoms with Crippen LogP contribution in [0, 0.1) is 0 Å². The minimum atomic E-state index is -0.948. The van der Waals surface area contributed by atoms with Crippen LogP contribution in [-0.2, 0) is 25.7 Å². The van der Waals surface area contributed by atoms with E-state index in [-0.39, 0.29) is 13.0 Å². The second-order valence-electron chi connectivity index (χ2n) is 3.73. The number of aldehydes is 1. The predicted octanol–water partition coefficient (Wildman–Crippen LogP) is 1.04. The first kappa shape index (κ1) is 14.7. The summed E-state index contributed by atoms with van der Waals surface area (Å²) in [6.45, 7) is 0.0937. The van der Waals surface area contributed by atoms with Crippen molar-refractivity contribution >= 4 is 18.3 Å². The van der Waals surface area contributed by atoms with Crippen molar-refractivity contribution in [3.8, 4) is 0 Å². The molecule has 1 amide bonds. The van der Waals surface area contributed by atoms with Gasteiger partial charge in [0.2, 0.25) is 0 Å². The standard InChI is InChI=1S/C13H15NO5/c1-18-12(16)7-11(8-15)14-13(17)19-9-10-5-3-2-4-6-10/h2-6,8,11H,7,9H2,1H3,(H,14,17)/t11-/m0/s1. The Bertz CT molecular complexity index is 432. The molecule has 0 heterocycles. The molecule has 1 atom stereocenters. The lowest BCUT2D eigenvalue weighted by Gasteiger charge is -2.11.